The molecule has 4 aromatic rings. The molecule has 7 nitrogen and oxygen atoms in total. The first-order valence-electron chi connectivity index (χ1n) is 11.7. The van der Waals surface area contributed by atoms with Gasteiger partial charge < -0.3 is 11.1 Å². The summed E-state index contributed by atoms with van der Waals surface area (Å²) in [5.41, 5.74) is 12.6. The highest BCUT2D eigenvalue weighted by Gasteiger charge is 2.24. The van der Waals surface area contributed by atoms with Crippen LogP contribution in [0, 0.1) is 6.92 Å². The highest BCUT2D eigenvalue weighted by molar-refractivity contribution is 6.10. The van der Waals surface area contributed by atoms with Gasteiger partial charge in [0, 0.05) is 6.54 Å². The van der Waals surface area contributed by atoms with E-state index in [1.807, 2.05) is 55.5 Å². The fourth-order valence-electron chi connectivity index (χ4n) is 4.42. The molecule has 2 aromatic carbocycles. The lowest BCUT2D eigenvalue weighted by molar-refractivity contribution is 0.0956. The topological polar surface area (TPSA) is 98.2 Å². The van der Waals surface area contributed by atoms with E-state index < -0.39 is 0 Å². The molecule has 0 saturated carbocycles. The third-order valence-electron chi connectivity index (χ3n) is 6.18. The van der Waals surface area contributed by atoms with E-state index in [0.717, 1.165) is 35.9 Å². The number of hydrogen-bond acceptors (Lipinski definition) is 5. The molecular formula is C27H28N6O. The van der Waals surface area contributed by atoms with Crippen molar-refractivity contribution in [2.24, 2.45) is 5.10 Å². The second kappa shape index (κ2) is 9.47. The van der Waals surface area contributed by atoms with Gasteiger partial charge >= 0.3 is 0 Å². The molecule has 2 aromatic heterocycles. The summed E-state index contributed by atoms with van der Waals surface area (Å²) in [6.07, 6.45) is 9.59. The van der Waals surface area contributed by atoms with E-state index in [-0.39, 0.29) is 11.7 Å². The van der Waals surface area contributed by atoms with Gasteiger partial charge in [0.15, 0.2) is 5.65 Å². The van der Waals surface area contributed by atoms with Crippen molar-refractivity contribution in [2.75, 3.05) is 12.3 Å². The maximum absolute atomic E-state index is 13.2. The number of nitrogens with two attached hydrogens (primary N) is 1. The number of fused-ring (bicyclic) bond motifs is 2. The maximum atomic E-state index is 13.2. The number of benzene rings is 2. The van der Waals surface area contributed by atoms with Crippen molar-refractivity contribution in [2.45, 2.75) is 39.0 Å². The predicted octanol–water partition coefficient (Wildman–Crippen LogP) is 4.98. The van der Waals surface area contributed by atoms with Crippen molar-refractivity contribution >= 4 is 40.1 Å². The number of amides is 1. The van der Waals surface area contributed by atoms with Gasteiger partial charge in [0.1, 0.15) is 16.9 Å². The van der Waals surface area contributed by atoms with E-state index in [1.54, 1.807) is 6.21 Å². The van der Waals surface area contributed by atoms with Gasteiger partial charge in [-0.1, -0.05) is 53.6 Å². The zero-order chi connectivity index (χ0) is 23.5. The summed E-state index contributed by atoms with van der Waals surface area (Å²) in [6.45, 7) is 2.59. The Balaban J connectivity index is 1.52. The second-order valence-electron chi connectivity index (χ2n) is 8.73. The van der Waals surface area contributed by atoms with E-state index in [0.29, 0.717) is 28.8 Å². The summed E-state index contributed by atoms with van der Waals surface area (Å²) in [4.78, 5) is 22.7. The van der Waals surface area contributed by atoms with Gasteiger partial charge in [0.25, 0.3) is 5.91 Å². The third-order valence-corrected chi connectivity index (χ3v) is 6.18. The quantitative estimate of drug-likeness (QED) is 0.318. The van der Waals surface area contributed by atoms with Gasteiger partial charge in [-0.15, -0.1) is 0 Å². The zero-order valence-corrected chi connectivity index (χ0v) is 19.3. The Morgan fingerprint density at radius 2 is 1.97 bits per heavy atom. The van der Waals surface area contributed by atoms with Crippen LogP contribution >= 0.6 is 0 Å². The summed E-state index contributed by atoms with van der Waals surface area (Å²) in [5, 5.41) is 7.61. The van der Waals surface area contributed by atoms with Crippen LogP contribution in [0.2, 0.25) is 0 Å². The monoisotopic (exact) mass is 452 g/mol. The Bertz CT molecular complexity index is 1430. The number of nitrogens with one attached hydrogen (secondary N) is 1. The van der Waals surface area contributed by atoms with Gasteiger partial charge in [-0.3, -0.25) is 4.79 Å². The third kappa shape index (κ3) is 4.41. The number of nitrogens with zero attached hydrogens (tertiary/aromatic N) is 4. The summed E-state index contributed by atoms with van der Waals surface area (Å²) in [6, 6.07) is 15.6. The first-order valence-corrected chi connectivity index (χ1v) is 11.7. The number of aryl methyl sites for hydroxylation is 1. The number of rotatable bonds is 6. The number of carbonyl (C=O) groups excluding carboxylic acids is 1. The molecule has 1 aliphatic carbocycles. The SMILES string of the molecule is Cc1cccc(/C=N/n2c(N)c(C(=O)NCCC3=CCCCC3)c3nc4ccccc4nc32)c1. The number of anilines is 1. The van der Waals surface area contributed by atoms with Crippen LogP contribution in [0.15, 0.2) is 65.3 Å². The highest BCUT2D eigenvalue weighted by Crippen LogP contribution is 2.28. The number of aromatic nitrogens is 3. The van der Waals surface area contributed by atoms with Crippen molar-refractivity contribution in [1.29, 1.82) is 0 Å². The Morgan fingerprint density at radius 1 is 1.15 bits per heavy atom. The lowest BCUT2D eigenvalue weighted by Gasteiger charge is -2.12. The molecule has 3 N–H and O–H groups in total. The minimum atomic E-state index is -0.256. The summed E-state index contributed by atoms with van der Waals surface area (Å²) in [5.74, 6) is -0.0309. The normalized spacial score (nSPS) is 14.1. The van der Waals surface area contributed by atoms with E-state index in [4.69, 9.17) is 15.7 Å². The summed E-state index contributed by atoms with van der Waals surface area (Å²) < 4.78 is 1.51. The lowest BCUT2D eigenvalue weighted by atomic mass is 9.97. The van der Waals surface area contributed by atoms with Crippen LogP contribution in [0.4, 0.5) is 5.82 Å². The zero-order valence-electron chi connectivity index (χ0n) is 19.3. The van der Waals surface area contributed by atoms with Crippen molar-refractivity contribution in [1.82, 2.24) is 20.0 Å². The standard InChI is InChI=1S/C27H28N6O/c1-18-8-7-11-20(16-18)17-30-33-25(28)23(27(34)29-15-14-19-9-3-2-4-10-19)24-26(33)32-22-13-6-5-12-21(22)31-24/h5-9,11-13,16-17H,2-4,10,14-15,28H2,1H3,(H,29,34)/b30-17+. The molecule has 0 atom stereocenters. The first-order chi connectivity index (χ1) is 16.6. The van der Waals surface area contributed by atoms with Gasteiger partial charge in [-0.25, -0.2) is 9.97 Å². The van der Waals surface area contributed by atoms with Crippen LogP contribution in [-0.4, -0.2) is 33.3 Å². The molecule has 0 radical (unpaired) electrons. The molecule has 34 heavy (non-hydrogen) atoms. The number of allylic oxidation sites excluding steroid dienone is 1. The number of nitrogen functional groups attached to an aromatic ring is 1. The molecule has 5 rings (SSSR count). The molecule has 1 aliphatic rings. The molecule has 1 amide bonds. The fraction of sp³-hybridized carbons (Fsp3) is 0.259. The van der Waals surface area contributed by atoms with E-state index in [2.05, 4.69) is 16.5 Å². The van der Waals surface area contributed by atoms with Gasteiger partial charge in [0.2, 0.25) is 0 Å². The van der Waals surface area contributed by atoms with Crippen LogP contribution in [-0.2, 0) is 0 Å². The molecule has 0 saturated heterocycles. The fourth-order valence-corrected chi connectivity index (χ4v) is 4.42. The van der Waals surface area contributed by atoms with E-state index in [9.17, 15) is 4.79 Å². The largest absolute Gasteiger partial charge is 0.383 e. The van der Waals surface area contributed by atoms with Crippen molar-refractivity contribution < 1.29 is 4.79 Å². The predicted molar refractivity (Wildman–Crippen MR) is 137 cm³/mol. The average Bonchev–Trinajstić information content (AvgIpc) is 3.12. The van der Waals surface area contributed by atoms with Crippen LogP contribution in [0.3, 0.4) is 0 Å². The Morgan fingerprint density at radius 3 is 2.74 bits per heavy atom. The smallest absolute Gasteiger partial charge is 0.257 e. The van der Waals surface area contributed by atoms with Crippen LogP contribution in [0.1, 0.15) is 53.6 Å². The molecule has 0 unspecified atom stereocenters. The Kier molecular flexibility index (Phi) is 6.08. The average molecular weight is 453 g/mol. The molecular weight excluding hydrogens is 424 g/mol. The summed E-state index contributed by atoms with van der Waals surface area (Å²) in [7, 11) is 0. The lowest BCUT2D eigenvalue weighted by Crippen LogP contribution is -2.25. The number of hydrogen-bond donors (Lipinski definition) is 2. The van der Waals surface area contributed by atoms with Crippen LogP contribution in [0.5, 0.6) is 0 Å². The molecule has 2 heterocycles. The van der Waals surface area contributed by atoms with Crippen molar-refractivity contribution in [3.05, 3.63) is 76.9 Å². The highest BCUT2D eigenvalue weighted by atomic mass is 16.1. The minimum Gasteiger partial charge on any atom is -0.383 e. The van der Waals surface area contributed by atoms with E-state index >= 15 is 0 Å². The van der Waals surface area contributed by atoms with Crippen molar-refractivity contribution in [3.8, 4) is 0 Å². The van der Waals surface area contributed by atoms with E-state index in [1.165, 1.54) is 23.1 Å². The van der Waals surface area contributed by atoms with Gasteiger partial charge in [0.05, 0.1) is 17.2 Å². The van der Waals surface area contributed by atoms with Crippen LogP contribution < -0.4 is 11.1 Å². The number of carbonyl (C=O) groups is 1. The second-order valence-corrected chi connectivity index (χ2v) is 8.73. The summed E-state index contributed by atoms with van der Waals surface area (Å²) >= 11 is 0. The molecule has 172 valence electrons. The molecule has 0 aliphatic heterocycles. The van der Waals surface area contributed by atoms with Crippen LogP contribution in [0.25, 0.3) is 22.2 Å². The minimum absolute atomic E-state index is 0.226. The number of para-hydroxylation sites is 2. The van der Waals surface area contributed by atoms with Crippen molar-refractivity contribution in [3.63, 3.8) is 0 Å². The molecule has 0 bridgehead atoms. The Labute approximate surface area is 198 Å². The van der Waals surface area contributed by atoms with Gasteiger partial charge in [-0.05, 0) is 56.7 Å². The molecule has 0 spiro atoms. The maximum Gasteiger partial charge on any atom is 0.257 e. The Hall–Kier alpha value is -4.00. The first kappa shape index (κ1) is 21.8. The van der Waals surface area contributed by atoms with Gasteiger partial charge in [-0.2, -0.15) is 9.78 Å². The molecule has 0 fully saturated rings. The molecule has 7 heteroatoms.